The van der Waals surface area contributed by atoms with Crippen LogP contribution in [0.1, 0.15) is 23.3 Å². The van der Waals surface area contributed by atoms with Crippen LogP contribution in [-0.2, 0) is 0 Å². The molecule has 3 bridgehead atoms. The molecule has 5 rings (SSSR count). The summed E-state index contributed by atoms with van der Waals surface area (Å²) in [4.78, 5) is 17.8. The minimum atomic E-state index is 0.159. The highest BCUT2D eigenvalue weighted by molar-refractivity contribution is 7.13. The molecule has 108 valence electrons. The van der Waals surface area contributed by atoms with Crippen LogP contribution in [0, 0.1) is 5.92 Å². The lowest BCUT2D eigenvalue weighted by Gasteiger charge is -2.44. The molecule has 1 amide bonds. The first-order valence-corrected chi connectivity index (χ1v) is 8.48. The number of amides is 1. The molecule has 1 aromatic carbocycles. The number of benzene rings is 1. The lowest BCUT2D eigenvalue weighted by Crippen LogP contribution is -2.58. The molecule has 0 radical (unpaired) electrons. The summed E-state index contributed by atoms with van der Waals surface area (Å²) < 4.78 is 5.57. The zero-order chi connectivity index (χ0) is 14.0. The van der Waals surface area contributed by atoms with E-state index in [1.54, 1.807) is 0 Å². The van der Waals surface area contributed by atoms with Crippen molar-refractivity contribution in [3.63, 3.8) is 0 Å². The molecule has 21 heavy (non-hydrogen) atoms. The third kappa shape index (κ3) is 1.64. The van der Waals surface area contributed by atoms with E-state index in [-0.39, 0.29) is 5.91 Å². The van der Waals surface area contributed by atoms with Gasteiger partial charge in [0.15, 0.2) is 0 Å². The lowest BCUT2D eigenvalue weighted by molar-refractivity contribution is 0.0259. The van der Waals surface area contributed by atoms with Gasteiger partial charge in [0.25, 0.3) is 5.91 Å². The van der Waals surface area contributed by atoms with Gasteiger partial charge in [0.05, 0.1) is 4.70 Å². The maximum atomic E-state index is 13.1. The van der Waals surface area contributed by atoms with Gasteiger partial charge in [-0.3, -0.25) is 9.69 Å². The fourth-order valence-electron chi connectivity index (χ4n) is 4.47. The zero-order valence-corrected chi connectivity index (χ0v) is 12.6. The molecule has 2 aromatic rings. The van der Waals surface area contributed by atoms with Crippen molar-refractivity contribution in [2.24, 2.45) is 5.92 Å². The van der Waals surface area contributed by atoms with E-state index in [1.807, 2.05) is 24.3 Å². The number of fused-ring (bicyclic) bond motifs is 3. The van der Waals surface area contributed by atoms with Crippen molar-refractivity contribution in [3.05, 3.63) is 30.0 Å². The van der Waals surface area contributed by atoms with Gasteiger partial charge in [-0.05, 0) is 42.9 Å². The molecule has 4 atom stereocenters. The Hall–Kier alpha value is -1.46. The number of piperidine rings is 1. The highest BCUT2D eigenvalue weighted by atomic mass is 32.1. The van der Waals surface area contributed by atoms with Crippen molar-refractivity contribution in [3.8, 4) is 0 Å². The summed E-state index contributed by atoms with van der Waals surface area (Å²) in [7, 11) is 0. The van der Waals surface area contributed by atoms with Crippen LogP contribution in [0.25, 0.3) is 10.1 Å². The second kappa shape index (κ2) is 4.27. The average Bonchev–Trinajstić information content (AvgIpc) is 2.96. The van der Waals surface area contributed by atoms with Crippen LogP contribution in [-0.4, -0.2) is 51.8 Å². The Morgan fingerprint density at radius 1 is 1.29 bits per heavy atom. The molecule has 0 N–H and O–H groups in total. The Balaban J connectivity index is 1.55. The highest BCUT2D eigenvalue weighted by Gasteiger charge is 2.51. The van der Waals surface area contributed by atoms with Crippen LogP contribution in [0.15, 0.2) is 24.3 Å². The van der Waals surface area contributed by atoms with Crippen LogP contribution >= 0.6 is 11.5 Å². The van der Waals surface area contributed by atoms with E-state index in [9.17, 15) is 4.79 Å². The number of nitrogens with zero attached hydrogens (tertiary/aromatic N) is 3. The molecular weight excluding hydrogens is 282 g/mol. The molecule has 4 unspecified atom stereocenters. The monoisotopic (exact) mass is 299 g/mol. The predicted octanol–water partition coefficient (Wildman–Crippen LogP) is 2.21. The molecule has 3 aliphatic rings. The second-order valence-corrected chi connectivity index (χ2v) is 7.31. The first-order chi connectivity index (χ1) is 10.3. The van der Waals surface area contributed by atoms with Gasteiger partial charge in [-0.15, -0.1) is 0 Å². The van der Waals surface area contributed by atoms with Gasteiger partial charge >= 0.3 is 0 Å². The van der Waals surface area contributed by atoms with Gasteiger partial charge in [-0.2, -0.15) is 4.37 Å². The van der Waals surface area contributed by atoms with Crippen molar-refractivity contribution in [2.75, 3.05) is 19.6 Å². The Morgan fingerprint density at radius 3 is 3.14 bits per heavy atom. The van der Waals surface area contributed by atoms with E-state index >= 15 is 0 Å². The minimum absolute atomic E-state index is 0.159. The van der Waals surface area contributed by atoms with Crippen LogP contribution in [0.4, 0.5) is 0 Å². The fourth-order valence-corrected chi connectivity index (χ4v) is 5.24. The Bertz CT molecular complexity index is 723. The van der Waals surface area contributed by atoms with Crippen LogP contribution in [0.2, 0.25) is 0 Å². The largest absolute Gasteiger partial charge is 0.328 e. The average molecular weight is 299 g/mol. The van der Waals surface area contributed by atoms with Crippen molar-refractivity contribution in [1.29, 1.82) is 0 Å². The van der Waals surface area contributed by atoms with Crippen LogP contribution in [0.3, 0.4) is 0 Å². The zero-order valence-electron chi connectivity index (χ0n) is 11.7. The molecule has 5 heteroatoms. The number of piperazine rings is 1. The molecule has 4 heterocycles. The number of aromatic nitrogens is 1. The SMILES string of the molecule is O=C(c1nsc2ccccc12)N1C2CC3CCN(C2)CC31. The van der Waals surface area contributed by atoms with E-state index in [2.05, 4.69) is 14.2 Å². The Kier molecular flexibility index (Phi) is 2.47. The molecule has 1 aromatic heterocycles. The van der Waals surface area contributed by atoms with Gasteiger partial charge in [-0.25, -0.2) is 0 Å². The molecular formula is C16H17N3OS. The molecule has 3 saturated heterocycles. The Morgan fingerprint density at radius 2 is 2.19 bits per heavy atom. The summed E-state index contributed by atoms with van der Waals surface area (Å²) in [6, 6.07) is 8.89. The molecule has 0 spiro atoms. The fraction of sp³-hybridized carbons (Fsp3) is 0.500. The van der Waals surface area contributed by atoms with E-state index in [0.717, 1.165) is 23.2 Å². The van der Waals surface area contributed by atoms with Gasteiger partial charge in [0, 0.05) is 30.6 Å². The maximum absolute atomic E-state index is 13.1. The number of carbonyl (C=O) groups excluding carboxylic acids is 1. The Labute approximate surface area is 127 Å². The first kappa shape index (κ1) is 12.1. The van der Waals surface area contributed by atoms with Crippen LogP contribution < -0.4 is 0 Å². The van der Waals surface area contributed by atoms with Gasteiger partial charge in [-0.1, -0.05) is 18.2 Å². The lowest BCUT2D eigenvalue weighted by atomic mass is 9.93. The van der Waals surface area contributed by atoms with Crippen molar-refractivity contribution >= 4 is 27.5 Å². The quantitative estimate of drug-likeness (QED) is 0.810. The van der Waals surface area contributed by atoms with Gasteiger partial charge < -0.3 is 4.90 Å². The van der Waals surface area contributed by atoms with Crippen molar-refractivity contribution in [2.45, 2.75) is 24.9 Å². The smallest absolute Gasteiger partial charge is 0.274 e. The molecule has 0 saturated carbocycles. The molecule has 4 nitrogen and oxygen atoms in total. The van der Waals surface area contributed by atoms with Gasteiger partial charge in [0.1, 0.15) is 5.69 Å². The van der Waals surface area contributed by atoms with E-state index < -0.39 is 0 Å². The third-order valence-electron chi connectivity index (χ3n) is 5.41. The van der Waals surface area contributed by atoms with E-state index in [0.29, 0.717) is 23.7 Å². The molecule has 3 fully saturated rings. The van der Waals surface area contributed by atoms with Crippen molar-refractivity contribution < 1.29 is 4.79 Å². The summed E-state index contributed by atoms with van der Waals surface area (Å²) >= 11 is 1.44. The number of hydrogen-bond donors (Lipinski definition) is 0. The standard InChI is InChI=1S/C16H17N3OS/c20-16(15-12-3-1-2-4-14(12)21-17-15)19-11-7-10-5-6-18(8-11)9-13(10)19/h1-4,10-11,13H,5-9H2. The van der Waals surface area contributed by atoms with E-state index in [4.69, 9.17) is 0 Å². The number of hydrogen-bond acceptors (Lipinski definition) is 4. The van der Waals surface area contributed by atoms with Crippen molar-refractivity contribution in [1.82, 2.24) is 14.2 Å². The third-order valence-corrected chi connectivity index (χ3v) is 6.24. The van der Waals surface area contributed by atoms with Crippen LogP contribution in [0.5, 0.6) is 0 Å². The summed E-state index contributed by atoms with van der Waals surface area (Å²) in [6.07, 6.45) is 2.44. The summed E-state index contributed by atoms with van der Waals surface area (Å²) in [5.74, 6) is 0.870. The molecule has 3 aliphatic heterocycles. The first-order valence-electron chi connectivity index (χ1n) is 7.71. The number of carbonyl (C=O) groups is 1. The molecule has 0 aliphatic carbocycles. The minimum Gasteiger partial charge on any atom is -0.328 e. The summed E-state index contributed by atoms with van der Waals surface area (Å²) in [5, 5.41) is 1.02. The highest BCUT2D eigenvalue weighted by Crippen LogP contribution is 2.41. The second-order valence-electron chi connectivity index (χ2n) is 6.50. The topological polar surface area (TPSA) is 36.4 Å². The van der Waals surface area contributed by atoms with E-state index in [1.165, 1.54) is 30.9 Å². The van der Waals surface area contributed by atoms with Gasteiger partial charge in [0.2, 0.25) is 0 Å². The predicted molar refractivity (Wildman–Crippen MR) is 82.5 cm³/mol. The summed E-state index contributed by atoms with van der Waals surface area (Å²) in [5.41, 5.74) is 0.667. The number of rotatable bonds is 1. The maximum Gasteiger partial charge on any atom is 0.274 e. The summed E-state index contributed by atoms with van der Waals surface area (Å²) in [6.45, 7) is 3.34. The normalized spacial score (nSPS) is 33.8.